The van der Waals surface area contributed by atoms with E-state index in [9.17, 15) is 0 Å². The molecular weight excluding hydrogens is 307 g/mol. The zero-order valence-electron chi connectivity index (χ0n) is 11.3. The smallest absolute Gasteiger partial charge is 0.119 e. The first-order valence-electron chi connectivity index (χ1n) is 6.46. The normalized spacial score (nSPS) is 10.1. The lowest BCUT2D eigenvalue weighted by Crippen LogP contribution is -1.96. The number of nitrogens with two attached hydrogens (primary N) is 1. The summed E-state index contributed by atoms with van der Waals surface area (Å²) in [5.41, 5.74) is 7.88. The number of nitrogens with zero attached hydrogens (tertiary/aromatic N) is 1. The van der Waals surface area contributed by atoms with Gasteiger partial charge in [-0.3, -0.25) is 0 Å². The van der Waals surface area contributed by atoms with Crippen molar-refractivity contribution in [2.75, 3.05) is 12.3 Å². The Balaban J connectivity index is 2.14. The molecule has 2 aromatic rings. The molecular formula is C16H14Cl2N2O. The number of rotatable bonds is 5. The van der Waals surface area contributed by atoms with Crippen LogP contribution in [-0.4, -0.2) is 6.61 Å². The fourth-order valence-corrected chi connectivity index (χ4v) is 2.65. The summed E-state index contributed by atoms with van der Waals surface area (Å²) in [5.74, 6) is 0.749. The molecule has 2 N–H and O–H groups in total. The van der Waals surface area contributed by atoms with Crippen molar-refractivity contribution in [2.24, 2.45) is 0 Å². The Bertz CT molecular complexity index is 640. The van der Waals surface area contributed by atoms with Gasteiger partial charge in [0.1, 0.15) is 5.75 Å². The average molecular weight is 321 g/mol. The molecule has 0 aromatic heterocycles. The standard InChI is InChI=1S/C16H14Cl2N2O/c17-14-9-12(20)10-15(18)16(14)11-3-5-13(6-4-11)21-8-2-1-7-19/h3-6,9-10H,1-2,8,20H2. The van der Waals surface area contributed by atoms with Crippen molar-refractivity contribution in [2.45, 2.75) is 12.8 Å². The second-order valence-electron chi connectivity index (χ2n) is 4.49. The lowest BCUT2D eigenvalue weighted by Gasteiger charge is -2.10. The van der Waals surface area contributed by atoms with Crippen LogP contribution in [0.3, 0.4) is 0 Å². The maximum atomic E-state index is 8.46. The molecule has 0 radical (unpaired) electrons. The van der Waals surface area contributed by atoms with Crippen molar-refractivity contribution < 1.29 is 4.74 Å². The quantitative estimate of drug-likeness (QED) is 0.628. The highest BCUT2D eigenvalue weighted by molar-refractivity contribution is 6.39. The van der Waals surface area contributed by atoms with E-state index in [-0.39, 0.29) is 0 Å². The minimum Gasteiger partial charge on any atom is -0.494 e. The molecule has 0 amide bonds. The van der Waals surface area contributed by atoms with Crippen LogP contribution in [0, 0.1) is 11.3 Å². The van der Waals surface area contributed by atoms with Crippen LogP contribution in [0.25, 0.3) is 11.1 Å². The number of unbranched alkanes of at least 4 members (excludes halogenated alkanes) is 1. The van der Waals surface area contributed by atoms with Crippen molar-refractivity contribution in [3.63, 3.8) is 0 Å². The van der Waals surface area contributed by atoms with Crippen molar-refractivity contribution in [1.82, 2.24) is 0 Å². The zero-order chi connectivity index (χ0) is 15.2. The van der Waals surface area contributed by atoms with Crippen molar-refractivity contribution in [3.05, 3.63) is 46.4 Å². The molecule has 0 atom stereocenters. The molecule has 0 bridgehead atoms. The first-order valence-corrected chi connectivity index (χ1v) is 7.22. The second-order valence-corrected chi connectivity index (χ2v) is 5.31. The summed E-state index contributed by atoms with van der Waals surface area (Å²) in [6.45, 7) is 0.524. The van der Waals surface area contributed by atoms with Gasteiger partial charge in [-0.25, -0.2) is 0 Å². The van der Waals surface area contributed by atoms with Gasteiger partial charge < -0.3 is 10.5 Å². The highest BCUT2D eigenvalue weighted by Crippen LogP contribution is 2.37. The number of hydrogen-bond acceptors (Lipinski definition) is 3. The van der Waals surface area contributed by atoms with Gasteiger partial charge in [-0.2, -0.15) is 5.26 Å². The van der Waals surface area contributed by atoms with Crippen LogP contribution in [0.15, 0.2) is 36.4 Å². The van der Waals surface area contributed by atoms with Crippen LogP contribution in [0.2, 0.25) is 10.0 Å². The van der Waals surface area contributed by atoms with Gasteiger partial charge in [-0.1, -0.05) is 35.3 Å². The molecule has 0 unspecified atom stereocenters. The van der Waals surface area contributed by atoms with Crippen LogP contribution >= 0.6 is 23.2 Å². The summed E-state index contributed by atoms with van der Waals surface area (Å²) < 4.78 is 5.54. The van der Waals surface area contributed by atoms with E-state index >= 15 is 0 Å². The van der Waals surface area contributed by atoms with Crippen LogP contribution in [0.1, 0.15) is 12.8 Å². The third-order valence-electron chi connectivity index (χ3n) is 2.91. The van der Waals surface area contributed by atoms with E-state index in [0.717, 1.165) is 16.9 Å². The van der Waals surface area contributed by atoms with Gasteiger partial charge in [0.15, 0.2) is 0 Å². The van der Waals surface area contributed by atoms with Gasteiger partial charge in [0.05, 0.1) is 22.7 Å². The highest BCUT2D eigenvalue weighted by Gasteiger charge is 2.10. The lowest BCUT2D eigenvalue weighted by atomic mass is 10.0. The summed E-state index contributed by atoms with van der Waals surface area (Å²) in [6, 6.07) is 12.9. The number of anilines is 1. The van der Waals surface area contributed by atoms with Crippen molar-refractivity contribution >= 4 is 28.9 Å². The molecule has 0 aliphatic heterocycles. The zero-order valence-corrected chi connectivity index (χ0v) is 12.8. The van der Waals surface area contributed by atoms with Gasteiger partial charge >= 0.3 is 0 Å². The number of halogens is 2. The number of hydrogen-bond donors (Lipinski definition) is 1. The Morgan fingerprint density at radius 3 is 2.29 bits per heavy atom. The van der Waals surface area contributed by atoms with Crippen LogP contribution in [-0.2, 0) is 0 Å². The minimum absolute atomic E-state index is 0.495. The molecule has 5 heteroatoms. The van der Waals surface area contributed by atoms with Crippen molar-refractivity contribution in [1.29, 1.82) is 5.26 Å². The SMILES string of the molecule is N#CCCCOc1ccc(-c2c(Cl)cc(N)cc2Cl)cc1. The first-order chi connectivity index (χ1) is 10.1. The summed E-state index contributed by atoms with van der Waals surface area (Å²) in [6.07, 6.45) is 1.21. The summed E-state index contributed by atoms with van der Waals surface area (Å²) >= 11 is 12.4. The molecule has 21 heavy (non-hydrogen) atoms. The van der Waals surface area contributed by atoms with E-state index in [1.165, 1.54) is 0 Å². The number of ether oxygens (including phenoxy) is 1. The fourth-order valence-electron chi connectivity index (χ4n) is 1.93. The van der Waals surface area contributed by atoms with Gasteiger partial charge in [-0.15, -0.1) is 0 Å². The second kappa shape index (κ2) is 7.21. The molecule has 0 aliphatic rings. The third kappa shape index (κ3) is 4.04. The Kier molecular flexibility index (Phi) is 5.32. The van der Waals surface area contributed by atoms with Crippen LogP contribution in [0.5, 0.6) is 5.75 Å². The first kappa shape index (κ1) is 15.5. The molecule has 2 aromatic carbocycles. The Morgan fingerprint density at radius 1 is 1.10 bits per heavy atom. The molecule has 108 valence electrons. The molecule has 0 fully saturated rings. The molecule has 0 spiro atoms. The van der Waals surface area contributed by atoms with Gasteiger partial charge in [0.25, 0.3) is 0 Å². The Labute approximate surface area is 133 Å². The predicted octanol–water partition coefficient (Wildman–Crippen LogP) is 4.93. The predicted molar refractivity (Wildman–Crippen MR) is 86.7 cm³/mol. The minimum atomic E-state index is 0.495. The number of benzene rings is 2. The molecule has 0 saturated heterocycles. The molecule has 0 saturated carbocycles. The average Bonchev–Trinajstić information content (AvgIpc) is 2.44. The largest absolute Gasteiger partial charge is 0.494 e. The van der Waals surface area contributed by atoms with Gasteiger partial charge in [-0.05, 0) is 36.2 Å². The molecule has 3 nitrogen and oxygen atoms in total. The summed E-state index contributed by atoms with van der Waals surface area (Å²) in [4.78, 5) is 0. The topological polar surface area (TPSA) is 59.0 Å². The number of nitrogen functional groups attached to an aromatic ring is 1. The van der Waals surface area contributed by atoms with E-state index in [4.69, 9.17) is 38.9 Å². The number of nitriles is 1. The van der Waals surface area contributed by atoms with Gasteiger partial charge in [0.2, 0.25) is 0 Å². The van der Waals surface area contributed by atoms with E-state index in [1.807, 2.05) is 24.3 Å². The summed E-state index contributed by atoms with van der Waals surface area (Å²) in [5, 5.41) is 9.49. The highest BCUT2D eigenvalue weighted by atomic mass is 35.5. The Morgan fingerprint density at radius 2 is 1.71 bits per heavy atom. The molecule has 2 rings (SSSR count). The van der Waals surface area contributed by atoms with E-state index in [1.54, 1.807) is 12.1 Å². The third-order valence-corrected chi connectivity index (χ3v) is 3.51. The van der Waals surface area contributed by atoms with Crippen LogP contribution in [0.4, 0.5) is 5.69 Å². The monoisotopic (exact) mass is 320 g/mol. The summed E-state index contributed by atoms with van der Waals surface area (Å²) in [7, 11) is 0. The van der Waals surface area contributed by atoms with Crippen molar-refractivity contribution in [3.8, 4) is 22.9 Å². The van der Waals surface area contributed by atoms with E-state index in [2.05, 4.69) is 6.07 Å². The van der Waals surface area contributed by atoms with Gasteiger partial charge in [0, 0.05) is 17.7 Å². The van der Waals surface area contributed by atoms with Crippen LogP contribution < -0.4 is 10.5 Å². The maximum absolute atomic E-state index is 8.46. The Hall–Kier alpha value is -1.89. The van der Waals surface area contributed by atoms with E-state index in [0.29, 0.717) is 35.2 Å². The lowest BCUT2D eigenvalue weighted by molar-refractivity contribution is 0.313. The fraction of sp³-hybridized carbons (Fsp3) is 0.188. The van der Waals surface area contributed by atoms with E-state index < -0.39 is 0 Å². The maximum Gasteiger partial charge on any atom is 0.119 e. The molecule has 0 aliphatic carbocycles. The molecule has 0 heterocycles.